The number of aryl methyl sites for hydroxylation is 2. The second-order valence-electron chi connectivity index (χ2n) is 7.08. The summed E-state index contributed by atoms with van der Waals surface area (Å²) in [6.45, 7) is 5.64. The first-order chi connectivity index (χ1) is 12.0. The number of likely N-dealkylation sites (tertiary alicyclic amines) is 2. The Kier molecular flexibility index (Phi) is 5.39. The van der Waals surface area contributed by atoms with Crippen molar-refractivity contribution in [3.05, 3.63) is 11.8 Å². The number of hydrogen-bond donors (Lipinski definition) is 1. The van der Waals surface area contributed by atoms with Crippen LogP contribution in [-0.4, -0.2) is 77.8 Å². The van der Waals surface area contributed by atoms with Gasteiger partial charge in [-0.3, -0.25) is 14.3 Å². The van der Waals surface area contributed by atoms with Gasteiger partial charge in [0, 0.05) is 58.1 Å². The monoisotopic (exact) mass is 349 g/mol. The van der Waals surface area contributed by atoms with Crippen molar-refractivity contribution in [3.63, 3.8) is 0 Å². The highest BCUT2D eigenvalue weighted by Crippen LogP contribution is 2.25. The molecule has 138 valence electrons. The molecule has 0 saturated carbocycles. The zero-order valence-electron chi connectivity index (χ0n) is 15.2. The summed E-state index contributed by atoms with van der Waals surface area (Å²) in [6, 6.07) is 0.261. The number of nitrogens with one attached hydrogen (secondary N) is 1. The molecule has 1 aromatic heterocycles. The van der Waals surface area contributed by atoms with Gasteiger partial charge in [-0.25, -0.2) is 0 Å². The molecule has 1 unspecified atom stereocenters. The van der Waals surface area contributed by atoms with Crippen molar-refractivity contribution < 1.29 is 14.3 Å². The molecule has 0 aliphatic carbocycles. The molecule has 1 aromatic rings. The second kappa shape index (κ2) is 7.53. The maximum Gasteiger partial charge on any atom is 0.231 e. The Morgan fingerprint density at radius 3 is 2.84 bits per heavy atom. The van der Waals surface area contributed by atoms with Crippen LogP contribution in [0.2, 0.25) is 0 Å². The highest BCUT2D eigenvalue weighted by Gasteiger charge is 2.41. The number of methoxy groups -OCH3 is 1. The topological polar surface area (TPSA) is 79.7 Å². The van der Waals surface area contributed by atoms with Crippen molar-refractivity contribution in [2.24, 2.45) is 5.92 Å². The zero-order valence-corrected chi connectivity index (χ0v) is 15.2. The fourth-order valence-electron chi connectivity index (χ4n) is 3.47. The Morgan fingerprint density at radius 2 is 2.16 bits per heavy atom. The second-order valence-corrected chi connectivity index (χ2v) is 7.08. The molecule has 0 spiro atoms. The van der Waals surface area contributed by atoms with Crippen molar-refractivity contribution in [1.29, 1.82) is 0 Å². The number of ether oxygens (including phenoxy) is 1. The maximum atomic E-state index is 12.6. The molecule has 0 radical (unpaired) electrons. The van der Waals surface area contributed by atoms with Crippen molar-refractivity contribution in [2.75, 3.05) is 45.7 Å². The molecule has 1 N–H and O–H groups in total. The molecule has 1 atom stereocenters. The predicted molar refractivity (Wildman–Crippen MR) is 93.2 cm³/mol. The van der Waals surface area contributed by atoms with Crippen LogP contribution >= 0.6 is 0 Å². The van der Waals surface area contributed by atoms with Crippen LogP contribution in [0.15, 0.2) is 6.20 Å². The highest BCUT2D eigenvalue weighted by molar-refractivity contribution is 5.97. The van der Waals surface area contributed by atoms with Gasteiger partial charge in [-0.1, -0.05) is 0 Å². The van der Waals surface area contributed by atoms with E-state index in [1.807, 2.05) is 29.7 Å². The number of likely N-dealkylation sites (N-methyl/N-ethyl adjacent to an activating group) is 1. The molecule has 0 aromatic carbocycles. The molecule has 3 rings (SSSR count). The van der Waals surface area contributed by atoms with Crippen molar-refractivity contribution in [3.8, 4) is 0 Å². The Labute approximate surface area is 148 Å². The van der Waals surface area contributed by atoms with Crippen LogP contribution < -0.4 is 5.32 Å². The summed E-state index contributed by atoms with van der Waals surface area (Å²) in [5.41, 5.74) is 0.924. The number of anilines is 1. The Hall–Kier alpha value is -1.93. The van der Waals surface area contributed by atoms with Crippen molar-refractivity contribution >= 4 is 17.6 Å². The summed E-state index contributed by atoms with van der Waals surface area (Å²) in [6.07, 6.45) is 3.08. The van der Waals surface area contributed by atoms with Crippen LogP contribution in [-0.2, 0) is 20.9 Å². The molecule has 8 nitrogen and oxygen atoms in total. The van der Waals surface area contributed by atoms with Gasteiger partial charge in [-0.15, -0.1) is 0 Å². The quantitative estimate of drug-likeness (QED) is 0.718. The average Bonchev–Trinajstić information content (AvgIpc) is 3.08. The minimum absolute atomic E-state index is 0.0834. The molecule has 2 saturated heterocycles. The van der Waals surface area contributed by atoms with Crippen LogP contribution in [0.4, 0.5) is 5.82 Å². The van der Waals surface area contributed by atoms with Gasteiger partial charge in [0.25, 0.3) is 0 Å². The van der Waals surface area contributed by atoms with Gasteiger partial charge in [-0.2, -0.15) is 5.10 Å². The lowest BCUT2D eigenvalue weighted by Gasteiger charge is -2.42. The van der Waals surface area contributed by atoms with Crippen LogP contribution in [0.1, 0.15) is 18.4 Å². The minimum atomic E-state index is -0.295. The largest absolute Gasteiger partial charge is 0.385 e. The molecule has 2 aliphatic heterocycles. The first kappa shape index (κ1) is 17.9. The van der Waals surface area contributed by atoms with E-state index in [0.29, 0.717) is 25.4 Å². The minimum Gasteiger partial charge on any atom is -0.385 e. The van der Waals surface area contributed by atoms with Crippen LogP contribution in [0.25, 0.3) is 0 Å². The van der Waals surface area contributed by atoms with E-state index in [1.165, 1.54) is 0 Å². The Balaban J connectivity index is 1.55. The fourth-order valence-corrected chi connectivity index (χ4v) is 3.47. The lowest BCUT2D eigenvalue weighted by Crippen LogP contribution is -2.58. The molecular formula is C17H27N5O3. The number of aromatic nitrogens is 2. The zero-order chi connectivity index (χ0) is 18.0. The lowest BCUT2D eigenvalue weighted by molar-refractivity contribution is -0.132. The highest BCUT2D eigenvalue weighted by atomic mass is 16.5. The summed E-state index contributed by atoms with van der Waals surface area (Å²) in [4.78, 5) is 28.8. The summed E-state index contributed by atoms with van der Waals surface area (Å²) >= 11 is 0. The molecule has 3 heterocycles. The fraction of sp³-hybridized carbons (Fsp3) is 0.706. The van der Waals surface area contributed by atoms with Gasteiger partial charge in [0.15, 0.2) is 5.82 Å². The summed E-state index contributed by atoms with van der Waals surface area (Å²) in [5.74, 6) is 0.252. The van der Waals surface area contributed by atoms with E-state index in [1.54, 1.807) is 7.11 Å². The van der Waals surface area contributed by atoms with Crippen LogP contribution in [0, 0.1) is 12.8 Å². The normalized spacial score (nSPS) is 21.6. The van der Waals surface area contributed by atoms with E-state index in [0.717, 1.165) is 31.6 Å². The summed E-state index contributed by atoms with van der Waals surface area (Å²) < 4.78 is 6.86. The first-order valence-electron chi connectivity index (χ1n) is 8.79. The van der Waals surface area contributed by atoms with E-state index in [2.05, 4.69) is 15.3 Å². The van der Waals surface area contributed by atoms with E-state index in [9.17, 15) is 9.59 Å². The standard InChI is InChI=1S/C17H27N5O3/c1-12-8-21(5-4-6-25-3)19-16(12)18-17(24)13-7-15(23)22(9-13)14-10-20(2)11-14/h8,13-14H,4-7,9-11H2,1-3H3,(H,18,19,24). The average molecular weight is 349 g/mol. The molecule has 8 heteroatoms. The lowest BCUT2D eigenvalue weighted by atomic mass is 10.1. The Bertz CT molecular complexity index is 638. The van der Waals surface area contributed by atoms with Crippen molar-refractivity contribution in [2.45, 2.75) is 32.4 Å². The maximum absolute atomic E-state index is 12.6. The van der Waals surface area contributed by atoms with Crippen molar-refractivity contribution in [1.82, 2.24) is 19.6 Å². The smallest absolute Gasteiger partial charge is 0.231 e. The van der Waals surface area contributed by atoms with E-state index in [-0.39, 0.29) is 23.8 Å². The van der Waals surface area contributed by atoms with Gasteiger partial charge in [0.2, 0.25) is 11.8 Å². The van der Waals surface area contributed by atoms with Gasteiger partial charge < -0.3 is 19.9 Å². The van der Waals surface area contributed by atoms with E-state index < -0.39 is 0 Å². The van der Waals surface area contributed by atoms with E-state index in [4.69, 9.17) is 4.74 Å². The van der Waals surface area contributed by atoms with Gasteiger partial charge in [0.1, 0.15) is 0 Å². The number of nitrogens with zero attached hydrogens (tertiary/aromatic N) is 4. The third-order valence-corrected chi connectivity index (χ3v) is 4.94. The predicted octanol–water partition coefficient (Wildman–Crippen LogP) is 0.329. The van der Waals surface area contributed by atoms with Crippen LogP contribution in [0.3, 0.4) is 0 Å². The van der Waals surface area contributed by atoms with Gasteiger partial charge >= 0.3 is 0 Å². The van der Waals surface area contributed by atoms with Gasteiger partial charge in [-0.05, 0) is 20.4 Å². The molecule has 2 fully saturated rings. The molecule has 2 amide bonds. The Morgan fingerprint density at radius 1 is 1.40 bits per heavy atom. The number of amides is 2. The van der Waals surface area contributed by atoms with Gasteiger partial charge in [0.05, 0.1) is 12.0 Å². The molecule has 2 aliphatic rings. The number of hydrogen-bond acceptors (Lipinski definition) is 5. The van der Waals surface area contributed by atoms with E-state index >= 15 is 0 Å². The third kappa shape index (κ3) is 4.01. The molecular weight excluding hydrogens is 322 g/mol. The third-order valence-electron chi connectivity index (χ3n) is 4.94. The van der Waals surface area contributed by atoms with Crippen LogP contribution in [0.5, 0.6) is 0 Å². The summed E-state index contributed by atoms with van der Waals surface area (Å²) in [7, 11) is 3.71. The SMILES string of the molecule is COCCCn1cc(C)c(NC(=O)C2CC(=O)N(C3CN(C)C3)C2)n1. The summed E-state index contributed by atoms with van der Waals surface area (Å²) in [5, 5.41) is 7.32. The molecule has 0 bridgehead atoms. The number of carbonyl (C=O) groups is 2. The number of carbonyl (C=O) groups excluding carboxylic acids is 2. The number of rotatable bonds is 7. The first-order valence-corrected chi connectivity index (χ1v) is 8.79. The molecule has 25 heavy (non-hydrogen) atoms.